The average molecular weight is 282 g/mol. The second-order valence-corrected chi connectivity index (χ2v) is 4.14. The quantitative estimate of drug-likeness (QED) is 0.783. The van der Waals surface area contributed by atoms with Gasteiger partial charge in [0.1, 0.15) is 23.5 Å². The van der Waals surface area contributed by atoms with Gasteiger partial charge in [0.15, 0.2) is 12.7 Å². The minimum absolute atomic E-state index is 0.00690. The molecular formula is C11H10ClN4O3+. The number of hydrogen-bond acceptors (Lipinski definition) is 4. The van der Waals surface area contributed by atoms with Gasteiger partial charge < -0.3 is 10.1 Å². The van der Waals surface area contributed by atoms with Crippen LogP contribution < -0.4 is 10.2 Å². The van der Waals surface area contributed by atoms with Gasteiger partial charge in [-0.2, -0.15) is 0 Å². The molecular weight excluding hydrogens is 272 g/mol. The fourth-order valence-corrected chi connectivity index (χ4v) is 1.49. The lowest BCUT2D eigenvalue weighted by Gasteiger charge is -1.98. The number of H-pyrrole nitrogens is 1. The van der Waals surface area contributed by atoms with Gasteiger partial charge in [-0.15, -0.1) is 0 Å². The number of aromatic amines is 1. The minimum Gasteiger partial charge on any atom is -0.481 e. The third kappa shape index (κ3) is 3.35. The maximum atomic E-state index is 11.3. The molecule has 2 aromatic heterocycles. The molecule has 0 unspecified atom stereocenters. The van der Waals surface area contributed by atoms with Crippen LogP contribution in [0.2, 0.25) is 5.02 Å². The predicted molar refractivity (Wildman–Crippen MR) is 65.5 cm³/mol. The molecule has 2 heterocycles. The summed E-state index contributed by atoms with van der Waals surface area (Å²) in [6.07, 6.45) is 4.37. The first-order valence-electron chi connectivity index (χ1n) is 5.39. The Bertz CT molecular complexity index is 654. The highest BCUT2D eigenvalue weighted by atomic mass is 35.5. The van der Waals surface area contributed by atoms with Crippen LogP contribution in [0.5, 0.6) is 0 Å². The monoisotopic (exact) mass is 281 g/mol. The fraction of sp³-hybridized carbons (Fsp3) is 0.182. The van der Waals surface area contributed by atoms with Crippen molar-refractivity contribution in [3.63, 3.8) is 0 Å². The van der Waals surface area contributed by atoms with E-state index in [0.29, 0.717) is 11.4 Å². The van der Waals surface area contributed by atoms with Crippen LogP contribution >= 0.6 is 11.6 Å². The van der Waals surface area contributed by atoms with E-state index in [1.165, 1.54) is 17.1 Å². The standard InChI is InChI=1S/C11H9ClN4O3/c12-8-6-13-10(15-11(8)19)7-1-3-16(14-5-7)4-2-9(17)18/h1,3,5-6H,2,4H2,(H-,13,15,17,18,19)/p+1. The number of aryl methyl sites for hydroxylation is 1. The molecule has 0 aliphatic rings. The molecule has 0 saturated heterocycles. The Kier molecular flexibility index (Phi) is 3.86. The molecule has 0 fully saturated rings. The summed E-state index contributed by atoms with van der Waals surface area (Å²) in [6.45, 7) is 0.278. The molecule has 0 aliphatic heterocycles. The van der Waals surface area contributed by atoms with Crippen molar-refractivity contribution < 1.29 is 14.6 Å². The molecule has 0 saturated carbocycles. The lowest BCUT2D eigenvalue weighted by molar-refractivity contribution is -0.752. The van der Waals surface area contributed by atoms with Gasteiger partial charge >= 0.3 is 5.97 Å². The largest absolute Gasteiger partial charge is 0.481 e. The van der Waals surface area contributed by atoms with Gasteiger partial charge in [-0.25, -0.2) is 4.98 Å². The Morgan fingerprint density at radius 3 is 2.84 bits per heavy atom. The summed E-state index contributed by atoms with van der Waals surface area (Å²) in [6, 6.07) is 1.68. The number of rotatable bonds is 4. The van der Waals surface area contributed by atoms with Crippen LogP contribution in [0.3, 0.4) is 0 Å². The van der Waals surface area contributed by atoms with E-state index in [-0.39, 0.29) is 18.0 Å². The summed E-state index contributed by atoms with van der Waals surface area (Å²) >= 11 is 5.58. The molecule has 0 aliphatic carbocycles. The molecule has 2 aromatic rings. The van der Waals surface area contributed by atoms with Gasteiger partial charge in [0.05, 0.1) is 6.20 Å². The van der Waals surface area contributed by atoms with Crippen molar-refractivity contribution in [3.8, 4) is 11.4 Å². The number of nitrogens with zero attached hydrogens (tertiary/aromatic N) is 3. The van der Waals surface area contributed by atoms with Gasteiger partial charge in [-0.3, -0.25) is 9.59 Å². The second kappa shape index (κ2) is 5.57. The highest BCUT2D eigenvalue weighted by Gasteiger charge is 2.09. The maximum absolute atomic E-state index is 11.3. The molecule has 7 nitrogen and oxygen atoms in total. The molecule has 0 atom stereocenters. The maximum Gasteiger partial charge on any atom is 0.309 e. The van der Waals surface area contributed by atoms with E-state index < -0.39 is 11.5 Å². The summed E-state index contributed by atoms with van der Waals surface area (Å²) in [4.78, 5) is 28.3. The van der Waals surface area contributed by atoms with Crippen LogP contribution in [-0.4, -0.2) is 26.1 Å². The molecule has 19 heavy (non-hydrogen) atoms. The number of halogens is 1. The fourth-order valence-electron chi connectivity index (χ4n) is 1.39. The highest BCUT2D eigenvalue weighted by Crippen LogP contribution is 2.10. The molecule has 0 amide bonds. The van der Waals surface area contributed by atoms with E-state index >= 15 is 0 Å². The first kappa shape index (κ1) is 13.2. The number of carboxylic acid groups (broad SMARTS) is 1. The van der Waals surface area contributed by atoms with Crippen LogP contribution in [0.4, 0.5) is 0 Å². The third-order valence-corrected chi connectivity index (χ3v) is 2.62. The van der Waals surface area contributed by atoms with Crippen molar-refractivity contribution in [2.45, 2.75) is 13.0 Å². The normalized spacial score (nSPS) is 10.4. The van der Waals surface area contributed by atoms with E-state index in [4.69, 9.17) is 16.7 Å². The van der Waals surface area contributed by atoms with Crippen LogP contribution in [0.1, 0.15) is 6.42 Å². The topological polar surface area (TPSA) is 99.8 Å². The van der Waals surface area contributed by atoms with Crippen molar-refractivity contribution in [1.82, 2.24) is 15.1 Å². The van der Waals surface area contributed by atoms with Gasteiger partial charge in [0.2, 0.25) is 0 Å². The third-order valence-electron chi connectivity index (χ3n) is 2.36. The minimum atomic E-state index is -0.887. The highest BCUT2D eigenvalue weighted by molar-refractivity contribution is 6.30. The first-order chi connectivity index (χ1) is 9.06. The second-order valence-electron chi connectivity index (χ2n) is 3.73. The Hall–Kier alpha value is -2.28. The van der Waals surface area contributed by atoms with Crippen LogP contribution in [0.25, 0.3) is 11.4 Å². The number of carboxylic acids is 1. The van der Waals surface area contributed by atoms with Crippen LogP contribution in [0, 0.1) is 0 Å². The van der Waals surface area contributed by atoms with E-state index in [1.807, 2.05) is 0 Å². The molecule has 0 radical (unpaired) electrons. The van der Waals surface area contributed by atoms with Gasteiger partial charge in [-0.1, -0.05) is 16.3 Å². The summed E-state index contributed by atoms with van der Waals surface area (Å²) in [5.41, 5.74) is 0.189. The zero-order chi connectivity index (χ0) is 13.8. The molecule has 0 bridgehead atoms. The Morgan fingerprint density at radius 1 is 1.47 bits per heavy atom. The van der Waals surface area contributed by atoms with E-state index in [0.717, 1.165) is 0 Å². The van der Waals surface area contributed by atoms with Crippen molar-refractivity contribution in [1.29, 1.82) is 0 Å². The summed E-state index contributed by atoms with van der Waals surface area (Å²) in [5.74, 6) is -0.533. The molecule has 98 valence electrons. The van der Waals surface area contributed by atoms with Gasteiger partial charge in [0.25, 0.3) is 5.56 Å². The molecule has 2 rings (SSSR count). The predicted octanol–water partition coefficient (Wildman–Crippen LogP) is 0.247. The molecule has 2 N–H and O–H groups in total. The molecule has 8 heteroatoms. The van der Waals surface area contributed by atoms with Crippen molar-refractivity contribution in [3.05, 3.63) is 40.0 Å². The smallest absolute Gasteiger partial charge is 0.309 e. The number of carbonyl (C=O) groups is 1. The summed E-state index contributed by atoms with van der Waals surface area (Å²) < 4.78 is 1.49. The zero-order valence-electron chi connectivity index (χ0n) is 9.71. The number of nitrogens with one attached hydrogen (secondary N) is 1. The lowest BCUT2D eigenvalue weighted by atomic mass is 10.3. The first-order valence-corrected chi connectivity index (χ1v) is 5.77. The van der Waals surface area contributed by atoms with Gasteiger partial charge in [0, 0.05) is 11.6 Å². The number of aromatic nitrogens is 4. The average Bonchev–Trinajstić information content (AvgIpc) is 2.40. The summed E-state index contributed by atoms with van der Waals surface area (Å²) in [5, 5.41) is 12.6. The molecule has 0 spiro atoms. The van der Waals surface area contributed by atoms with Crippen molar-refractivity contribution in [2.75, 3.05) is 0 Å². The van der Waals surface area contributed by atoms with Crippen LogP contribution in [0.15, 0.2) is 29.5 Å². The Labute approximate surface area is 112 Å². The van der Waals surface area contributed by atoms with Crippen molar-refractivity contribution >= 4 is 17.6 Å². The van der Waals surface area contributed by atoms with Gasteiger partial charge in [-0.05, 0) is 5.10 Å². The Balaban J connectivity index is 2.20. The number of hydrogen-bond donors (Lipinski definition) is 2. The lowest BCUT2D eigenvalue weighted by Crippen LogP contribution is -2.38. The molecule has 0 aromatic carbocycles. The van der Waals surface area contributed by atoms with E-state index in [9.17, 15) is 9.59 Å². The summed E-state index contributed by atoms with van der Waals surface area (Å²) in [7, 11) is 0. The van der Waals surface area contributed by atoms with Crippen molar-refractivity contribution in [2.24, 2.45) is 0 Å². The Morgan fingerprint density at radius 2 is 2.26 bits per heavy atom. The van der Waals surface area contributed by atoms with E-state index in [1.54, 1.807) is 12.3 Å². The number of aliphatic carboxylic acids is 1. The zero-order valence-corrected chi connectivity index (χ0v) is 10.5. The van der Waals surface area contributed by atoms with Crippen LogP contribution in [-0.2, 0) is 11.3 Å². The SMILES string of the molecule is O=C(O)CC[n+]1ccc(-c2ncc(Cl)c(=O)[nH]2)cn1. The van der Waals surface area contributed by atoms with E-state index in [2.05, 4.69) is 15.1 Å².